The largest absolute Gasteiger partial charge is 0.481 e. The number of benzene rings is 1. The third-order valence-corrected chi connectivity index (χ3v) is 3.94. The smallest absolute Gasteiger partial charge is 0.309 e. The molecule has 0 radical (unpaired) electrons. The second-order valence-electron chi connectivity index (χ2n) is 5.86. The highest BCUT2D eigenvalue weighted by Gasteiger charge is 2.26. The van der Waals surface area contributed by atoms with Crippen LogP contribution in [0.25, 0.3) is 11.3 Å². The standard InChI is InChI=1S/C17H20ClNO3/c1-17(2,16(20)21)9-10-19-11-12-7-8-15(22-12)13-5-3-4-6-14(13)18/h3-8,19H,9-11H2,1-2H3,(H,20,21). The van der Waals surface area contributed by atoms with Crippen LogP contribution in [0.1, 0.15) is 26.0 Å². The zero-order valence-corrected chi connectivity index (χ0v) is 13.5. The maximum Gasteiger partial charge on any atom is 0.309 e. The van der Waals surface area contributed by atoms with E-state index in [1.54, 1.807) is 13.8 Å². The van der Waals surface area contributed by atoms with Gasteiger partial charge in [0.05, 0.1) is 17.0 Å². The Labute approximate surface area is 135 Å². The third-order valence-electron chi connectivity index (χ3n) is 3.61. The van der Waals surface area contributed by atoms with Crippen molar-refractivity contribution in [2.75, 3.05) is 6.54 Å². The molecule has 2 N–H and O–H groups in total. The van der Waals surface area contributed by atoms with Gasteiger partial charge in [0, 0.05) is 5.56 Å². The van der Waals surface area contributed by atoms with Gasteiger partial charge in [-0.2, -0.15) is 0 Å². The van der Waals surface area contributed by atoms with E-state index < -0.39 is 11.4 Å². The maximum absolute atomic E-state index is 11.0. The summed E-state index contributed by atoms with van der Waals surface area (Å²) in [5.41, 5.74) is 0.140. The Morgan fingerprint density at radius 3 is 2.68 bits per heavy atom. The molecule has 4 nitrogen and oxygen atoms in total. The zero-order valence-electron chi connectivity index (χ0n) is 12.7. The van der Waals surface area contributed by atoms with Gasteiger partial charge in [-0.1, -0.05) is 23.7 Å². The lowest BCUT2D eigenvalue weighted by atomic mass is 9.90. The first-order chi connectivity index (χ1) is 10.4. The Balaban J connectivity index is 1.88. The Kier molecular flexibility index (Phi) is 5.27. The van der Waals surface area contributed by atoms with Crippen LogP contribution >= 0.6 is 11.6 Å². The van der Waals surface area contributed by atoms with Gasteiger partial charge in [-0.05, 0) is 51.1 Å². The quantitative estimate of drug-likeness (QED) is 0.751. The summed E-state index contributed by atoms with van der Waals surface area (Å²) in [6, 6.07) is 11.3. The molecule has 0 atom stereocenters. The lowest BCUT2D eigenvalue weighted by molar-refractivity contribution is -0.147. The normalized spacial score (nSPS) is 11.6. The number of halogens is 1. The highest BCUT2D eigenvalue weighted by Crippen LogP contribution is 2.29. The van der Waals surface area contributed by atoms with Crippen molar-refractivity contribution in [3.63, 3.8) is 0 Å². The van der Waals surface area contributed by atoms with E-state index in [0.29, 0.717) is 24.5 Å². The Morgan fingerprint density at radius 1 is 1.27 bits per heavy atom. The van der Waals surface area contributed by atoms with E-state index in [-0.39, 0.29) is 0 Å². The predicted molar refractivity (Wildman–Crippen MR) is 86.9 cm³/mol. The molecule has 0 saturated heterocycles. The van der Waals surface area contributed by atoms with Crippen LogP contribution < -0.4 is 5.32 Å². The number of nitrogens with one attached hydrogen (secondary N) is 1. The Bertz CT molecular complexity index is 649. The molecule has 0 fully saturated rings. The van der Waals surface area contributed by atoms with Gasteiger partial charge in [0.15, 0.2) is 0 Å². The van der Waals surface area contributed by atoms with Gasteiger partial charge in [-0.15, -0.1) is 0 Å². The number of aliphatic carboxylic acids is 1. The molecule has 0 aliphatic heterocycles. The molecule has 2 rings (SSSR count). The molecular formula is C17H20ClNO3. The number of hydrogen-bond donors (Lipinski definition) is 2. The maximum atomic E-state index is 11.0. The molecule has 0 spiro atoms. The number of hydrogen-bond acceptors (Lipinski definition) is 3. The van der Waals surface area contributed by atoms with Crippen molar-refractivity contribution < 1.29 is 14.3 Å². The molecule has 22 heavy (non-hydrogen) atoms. The first-order valence-corrected chi connectivity index (χ1v) is 7.56. The van der Waals surface area contributed by atoms with E-state index in [9.17, 15) is 4.79 Å². The van der Waals surface area contributed by atoms with Gasteiger partial charge in [-0.3, -0.25) is 4.79 Å². The van der Waals surface area contributed by atoms with Crippen LogP contribution in [0.15, 0.2) is 40.8 Å². The molecule has 1 heterocycles. The first-order valence-electron chi connectivity index (χ1n) is 7.18. The summed E-state index contributed by atoms with van der Waals surface area (Å²) in [4.78, 5) is 11.0. The molecule has 0 aliphatic rings. The fourth-order valence-corrected chi connectivity index (χ4v) is 2.23. The lowest BCUT2D eigenvalue weighted by Crippen LogP contribution is -2.28. The monoisotopic (exact) mass is 321 g/mol. The van der Waals surface area contributed by atoms with Crippen molar-refractivity contribution in [2.45, 2.75) is 26.8 Å². The summed E-state index contributed by atoms with van der Waals surface area (Å²) < 4.78 is 5.77. The van der Waals surface area contributed by atoms with E-state index in [1.807, 2.05) is 36.4 Å². The number of rotatable bonds is 7. The molecule has 0 bridgehead atoms. The molecule has 0 saturated carbocycles. The summed E-state index contributed by atoms with van der Waals surface area (Å²) in [6.07, 6.45) is 0.556. The van der Waals surface area contributed by atoms with Gasteiger partial charge < -0.3 is 14.8 Å². The van der Waals surface area contributed by atoms with Crippen molar-refractivity contribution in [3.05, 3.63) is 47.2 Å². The van der Waals surface area contributed by atoms with Gasteiger partial charge >= 0.3 is 5.97 Å². The SMILES string of the molecule is CC(C)(CCNCc1ccc(-c2ccccc2Cl)o1)C(=O)O. The van der Waals surface area contributed by atoms with Crippen LogP contribution in [-0.4, -0.2) is 17.6 Å². The van der Waals surface area contributed by atoms with Gasteiger partial charge in [-0.25, -0.2) is 0 Å². The van der Waals surface area contributed by atoms with E-state index in [1.165, 1.54) is 0 Å². The van der Waals surface area contributed by atoms with E-state index in [0.717, 1.165) is 17.1 Å². The molecule has 118 valence electrons. The molecule has 0 unspecified atom stereocenters. The van der Waals surface area contributed by atoms with Crippen molar-refractivity contribution in [2.24, 2.45) is 5.41 Å². The average molecular weight is 322 g/mol. The van der Waals surface area contributed by atoms with Crippen LogP contribution in [0.4, 0.5) is 0 Å². The van der Waals surface area contributed by atoms with Gasteiger partial charge in [0.2, 0.25) is 0 Å². The number of carboxylic acid groups (broad SMARTS) is 1. The summed E-state index contributed by atoms with van der Waals surface area (Å²) in [7, 11) is 0. The van der Waals surface area contributed by atoms with Crippen LogP contribution in [0.2, 0.25) is 5.02 Å². The third kappa shape index (κ3) is 4.12. The van der Waals surface area contributed by atoms with Crippen LogP contribution in [-0.2, 0) is 11.3 Å². The first kappa shape index (κ1) is 16.6. The Hall–Kier alpha value is -1.78. The van der Waals surface area contributed by atoms with Crippen molar-refractivity contribution in [3.8, 4) is 11.3 Å². The van der Waals surface area contributed by atoms with E-state index >= 15 is 0 Å². The van der Waals surface area contributed by atoms with Crippen molar-refractivity contribution >= 4 is 17.6 Å². The molecule has 0 amide bonds. The molecule has 1 aromatic heterocycles. The Morgan fingerprint density at radius 2 is 2.00 bits per heavy atom. The average Bonchev–Trinajstić information content (AvgIpc) is 2.92. The molecule has 0 aliphatic carbocycles. The molecule has 5 heteroatoms. The molecule has 1 aromatic carbocycles. The topological polar surface area (TPSA) is 62.5 Å². The summed E-state index contributed by atoms with van der Waals surface area (Å²) in [5, 5.41) is 12.9. The van der Waals surface area contributed by atoms with Crippen LogP contribution in [0.5, 0.6) is 0 Å². The predicted octanol–water partition coefficient (Wildman–Crippen LogP) is 4.19. The van der Waals surface area contributed by atoms with Crippen molar-refractivity contribution in [1.82, 2.24) is 5.32 Å². The summed E-state index contributed by atoms with van der Waals surface area (Å²) in [6.45, 7) is 4.61. The van der Waals surface area contributed by atoms with Crippen LogP contribution in [0, 0.1) is 5.41 Å². The lowest BCUT2D eigenvalue weighted by Gasteiger charge is -2.18. The summed E-state index contributed by atoms with van der Waals surface area (Å²) >= 11 is 6.14. The fourth-order valence-electron chi connectivity index (χ4n) is 2.00. The zero-order chi connectivity index (χ0) is 16.2. The van der Waals surface area contributed by atoms with Gasteiger partial charge in [0.1, 0.15) is 11.5 Å². The minimum Gasteiger partial charge on any atom is -0.481 e. The molecule has 2 aromatic rings. The fraction of sp³-hybridized carbons (Fsp3) is 0.353. The van der Waals surface area contributed by atoms with E-state index in [2.05, 4.69) is 5.32 Å². The number of carboxylic acids is 1. The highest BCUT2D eigenvalue weighted by atomic mass is 35.5. The van der Waals surface area contributed by atoms with Crippen LogP contribution in [0.3, 0.4) is 0 Å². The minimum absolute atomic E-state index is 0.556. The summed E-state index contributed by atoms with van der Waals surface area (Å²) in [5.74, 6) is 0.740. The minimum atomic E-state index is -0.784. The second-order valence-corrected chi connectivity index (χ2v) is 6.27. The number of furan rings is 1. The van der Waals surface area contributed by atoms with Crippen molar-refractivity contribution in [1.29, 1.82) is 0 Å². The van der Waals surface area contributed by atoms with E-state index in [4.69, 9.17) is 21.1 Å². The second kappa shape index (κ2) is 6.99. The van der Waals surface area contributed by atoms with Gasteiger partial charge in [0.25, 0.3) is 0 Å². The number of carbonyl (C=O) groups is 1. The molecular weight excluding hydrogens is 302 g/mol. The highest BCUT2D eigenvalue weighted by molar-refractivity contribution is 6.33.